The van der Waals surface area contributed by atoms with E-state index in [1.54, 1.807) is 0 Å². The van der Waals surface area contributed by atoms with Gasteiger partial charge in [0.1, 0.15) is 0 Å². The molecule has 0 spiro atoms. The predicted octanol–water partition coefficient (Wildman–Crippen LogP) is 2.35. The second-order valence-electron chi connectivity index (χ2n) is 6.78. The Balaban J connectivity index is 1.64. The maximum absolute atomic E-state index is 12.9. The van der Waals surface area contributed by atoms with Crippen molar-refractivity contribution in [1.82, 2.24) is 19.7 Å². The maximum Gasteiger partial charge on any atom is 0.321 e. The fourth-order valence-corrected chi connectivity index (χ4v) is 4.17. The smallest absolute Gasteiger partial charge is 0.319 e. The van der Waals surface area contributed by atoms with Crippen molar-refractivity contribution in [2.24, 2.45) is 0 Å². The minimum absolute atomic E-state index is 0.131. The van der Waals surface area contributed by atoms with Crippen molar-refractivity contribution in [3.63, 3.8) is 0 Å². The van der Waals surface area contributed by atoms with Crippen LogP contribution in [0.25, 0.3) is 0 Å². The maximum atomic E-state index is 12.9. The fraction of sp³-hybridized carbons (Fsp3) is 0.625. The molecule has 1 aromatic rings. The van der Waals surface area contributed by atoms with Gasteiger partial charge in [-0.15, -0.1) is 0 Å². The van der Waals surface area contributed by atoms with Crippen LogP contribution in [0.2, 0.25) is 5.02 Å². The fourth-order valence-electron chi connectivity index (χ4n) is 4.01. The summed E-state index contributed by atoms with van der Waals surface area (Å²) in [4.78, 5) is 23.9. The van der Waals surface area contributed by atoms with Crippen LogP contribution < -0.4 is 0 Å². The third-order valence-electron chi connectivity index (χ3n) is 5.34. The van der Waals surface area contributed by atoms with E-state index in [4.69, 9.17) is 16.6 Å². The van der Waals surface area contributed by atoms with Gasteiger partial charge in [0, 0.05) is 19.6 Å². The van der Waals surface area contributed by atoms with E-state index in [-0.39, 0.29) is 12.1 Å². The minimum Gasteiger partial charge on any atom is -0.319 e. The van der Waals surface area contributed by atoms with Crippen LogP contribution in [0, 0.1) is 13.8 Å². The highest BCUT2D eigenvalue weighted by molar-refractivity contribution is 6.32. The van der Waals surface area contributed by atoms with Gasteiger partial charge in [-0.25, -0.2) is 4.79 Å². The molecule has 2 amide bonds. The van der Waals surface area contributed by atoms with Gasteiger partial charge in [0.2, 0.25) is 0 Å². The second-order valence-corrected chi connectivity index (χ2v) is 7.16. The number of halogens is 1. The number of urea groups is 1. The van der Waals surface area contributed by atoms with Crippen LogP contribution in [0.3, 0.4) is 0 Å². The average Bonchev–Trinajstić information content (AvgIpc) is 2.82. The number of amides is 2. The molecule has 0 aromatic carbocycles. The Morgan fingerprint density at radius 3 is 2.64 bits per heavy atom. The van der Waals surface area contributed by atoms with Gasteiger partial charge in [0.15, 0.2) is 0 Å². The SMILES string of the molecule is Cc1nc2c(c(C)c1Cl)CN1C(=O)N(C3CN(C)C3)CCC21. The molecule has 22 heavy (non-hydrogen) atoms. The van der Waals surface area contributed by atoms with Crippen LogP contribution in [0.5, 0.6) is 0 Å². The van der Waals surface area contributed by atoms with E-state index in [1.165, 1.54) is 0 Å². The van der Waals surface area contributed by atoms with Crippen LogP contribution in [0.4, 0.5) is 4.79 Å². The number of likely N-dealkylation sites (tertiary alicyclic amines) is 1. The van der Waals surface area contributed by atoms with Gasteiger partial charge in [-0.2, -0.15) is 0 Å². The molecule has 3 aliphatic rings. The van der Waals surface area contributed by atoms with E-state index in [2.05, 4.69) is 11.9 Å². The summed E-state index contributed by atoms with van der Waals surface area (Å²) in [5.41, 5.74) is 4.18. The van der Waals surface area contributed by atoms with E-state index < -0.39 is 0 Å². The number of nitrogens with zero attached hydrogens (tertiary/aromatic N) is 4. The third kappa shape index (κ3) is 1.88. The molecule has 1 unspecified atom stereocenters. The lowest BCUT2D eigenvalue weighted by Gasteiger charge is -2.48. The van der Waals surface area contributed by atoms with Gasteiger partial charge in [-0.1, -0.05) is 11.6 Å². The van der Waals surface area contributed by atoms with Crippen molar-refractivity contribution < 1.29 is 4.79 Å². The Morgan fingerprint density at radius 1 is 1.23 bits per heavy atom. The summed E-state index contributed by atoms with van der Waals surface area (Å²) in [7, 11) is 2.09. The lowest BCUT2D eigenvalue weighted by molar-refractivity contribution is 0.0285. The molecule has 0 saturated carbocycles. The van der Waals surface area contributed by atoms with E-state index in [0.717, 1.165) is 53.6 Å². The van der Waals surface area contributed by atoms with Crippen molar-refractivity contribution in [2.75, 3.05) is 26.7 Å². The monoisotopic (exact) mass is 320 g/mol. The van der Waals surface area contributed by atoms with Crippen molar-refractivity contribution in [3.8, 4) is 0 Å². The summed E-state index contributed by atoms with van der Waals surface area (Å²) < 4.78 is 0. The van der Waals surface area contributed by atoms with Gasteiger partial charge in [0.05, 0.1) is 35.0 Å². The summed E-state index contributed by atoms with van der Waals surface area (Å²) in [6.45, 7) is 7.44. The first-order valence-electron chi connectivity index (χ1n) is 7.88. The van der Waals surface area contributed by atoms with Crippen molar-refractivity contribution >= 4 is 17.6 Å². The zero-order valence-corrected chi connectivity index (χ0v) is 14.0. The summed E-state index contributed by atoms with van der Waals surface area (Å²) in [6.07, 6.45) is 0.965. The van der Waals surface area contributed by atoms with Gasteiger partial charge in [0.25, 0.3) is 0 Å². The quantitative estimate of drug-likeness (QED) is 0.797. The standard InChI is InChI=1S/C16H21ClN4O/c1-9-12-8-21-13(15(12)18-10(2)14(9)17)4-5-20(16(21)22)11-6-19(3)7-11/h11,13H,4-8H2,1-3H3. The number of carbonyl (C=O) groups excluding carboxylic acids is 1. The molecule has 2 fully saturated rings. The van der Waals surface area contributed by atoms with Crippen LogP contribution >= 0.6 is 11.6 Å². The molecule has 0 N–H and O–H groups in total. The molecular weight excluding hydrogens is 300 g/mol. The number of aryl methyl sites for hydroxylation is 1. The summed E-state index contributed by atoms with van der Waals surface area (Å²) in [5.74, 6) is 0. The number of aromatic nitrogens is 1. The molecule has 0 aliphatic carbocycles. The highest BCUT2D eigenvalue weighted by Gasteiger charge is 2.45. The normalized spacial score (nSPS) is 25.3. The highest BCUT2D eigenvalue weighted by Crippen LogP contribution is 2.42. The lowest BCUT2D eigenvalue weighted by Crippen LogP contribution is -2.63. The molecule has 5 nitrogen and oxygen atoms in total. The molecule has 4 heterocycles. The first-order chi connectivity index (χ1) is 10.5. The zero-order chi connectivity index (χ0) is 15.6. The van der Waals surface area contributed by atoms with Crippen molar-refractivity contribution in [2.45, 2.75) is 38.9 Å². The minimum atomic E-state index is 0.131. The Labute approximate surface area is 135 Å². The van der Waals surface area contributed by atoms with E-state index in [9.17, 15) is 4.79 Å². The Bertz CT molecular complexity index is 656. The van der Waals surface area contributed by atoms with Crippen molar-refractivity contribution in [1.29, 1.82) is 0 Å². The molecule has 118 valence electrons. The van der Waals surface area contributed by atoms with Gasteiger partial charge >= 0.3 is 6.03 Å². The zero-order valence-electron chi connectivity index (χ0n) is 13.3. The Morgan fingerprint density at radius 2 is 1.95 bits per heavy atom. The van der Waals surface area contributed by atoms with Crippen LogP contribution in [-0.2, 0) is 6.54 Å². The molecule has 1 aromatic heterocycles. The molecule has 2 saturated heterocycles. The largest absolute Gasteiger partial charge is 0.321 e. The van der Waals surface area contributed by atoms with Gasteiger partial charge in [-0.05, 0) is 38.4 Å². The van der Waals surface area contributed by atoms with Gasteiger partial charge < -0.3 is 14.7 Å². The number of hydrogen-bond acceptors (Lipinski definition) is 3. The number of rotatable bonds is 1. The highest BCUT2D eigenvalue weighted by atomic mass is 35.5. The van der Waals surface area contributed by atoms with Crippen molar-refractivity contribution in [3.05, 3.63) is 27.5 Å². The molecular formula is C16H21ClN4O. The Hall–Kier alpha value is -1.33. The lowest BCUT2D eigenvalue weighted by atomic mass is 10.0. The molecule has 0 radical (unpaired) electrons. The van der Waals surface area contributed by atoms with E-state index in [1.807, 2.05) is 23.6 Å². The van der Waals surface area contributed by atoms with E-state index in [0.29, 0.717) is 12.6 Å². The molecule has 0 bridgehead atoms. The van der Waals surface area contributed by atoms with E-state index >= 15 is 0 Å². The van der Waals surface area contributed by atoms with Crippen LogP contribution in [-0.4, -0.2) is 58.4 Å². The number of likely N-dealkylation sites (N-methyl/N-ethyl adjacent to an activating group) is 1. The number of carbonyl (C=O) groups is 1. The number of hydrogen-bond donors (Lipinski definition) is 0. The molecule has 3 aliphatic heterocycles. The Kier molecular flexibility index (Phi) is 3.13. The molecule has 4 rings (SSSR count). The molecule has 6 heteroatoms. The third-order valence-corrected chi connectivity index (χ3v) is 5.89. The first kappa shape index (κ1) is 14.3. The van der Waals surface area contributed by atoms with Crippen LogP contribution in [0.1, 0.15) is 35.0 Å². The number of fused-ring (bicyclic) bond motifs is 3. The van der Waals surface area contributed by atoms with Gasteiger partial charge in [-0.3, -0.25) is 4.98 Å². The topological polar surface area (TPSA) is 39.7 Å². The van der Waals surface area contributed by atoms with Crippen LogP contribution in [0.15, 0.2) is 0 Å². The summed E-state index contributed by atoms with van der Waals surface area (Å²) in [5, 5.41) is 0.739. The average molecular weight is 321 g/mol. The first-order valence-corrected chi connectivity index (χ1v) is 8.26. The summed E-state index contributed by atoms with van der Waals surface area (Å²) >= 11 is 6.34. The molecule has 1 atom stereocenters. The summed E-state index contributed by atoms with van der Waals surface area (Å²) in [6, 6.07) is 0.674. The number of pyridine rings is 1. The predicted molar refractivity (Wildman–Crippen MR) is 85.0 cm³/mol. The second kappa shape index (κ2) is 4.83.